The van der Waals surface area contributed by atoms with Gasteiger partial charge in [0.1, 0.15) is 11.6 Å². The van der Waals surface area contributed by atoms with E-state index in [4.69, 9.17) is 4.74 Å². The van der Waals surface area contributed by atoms with Crippen LogP contribution in [0.4, 0.5) is 8.78 Å². The zero-order valence-corrected chi connectivity index (χ0v) is 13.6. The highest BCUT2D eigenvalue weighted by molar-refractivity contribution is 5.77. The van der Waals surface area contributed by atoms with Gasteiger partial charge >= 0.3 is 0 Å². The van der Waals surface area contributed by atoms with Gasteiger partial charge in [-0.25, -0.2) is 8.78 Å². The van der Waals surface area contributed by atoms with Gasteiger partial charge in [-0.3, -0.25) is 4.79 Å². The lowest BCUT2D eigenvalue weighted by Crippen LogP contribution is -2.32. The molecule has 0 radical (unpaired) electrons. The summed E-state index contributed by atoms with van der Waals surface area (Å²) in [4.78, 5) is 14.1. The van der Waals surface area contributed by atoms with Gasteiger partial charge < -0.3 is 14.7 Å². The van der Waals surface area contributed by atoms with Crippen LogP contribution < -0.4 is 0 Å². The van der Waals surface area contributed by atoms with Crippen molar-refractivity contribution in [3.8, 4) is 0 Å². The molecule has 1 aromatic carbocycles. The van der Waals surface area contributed by atoms with Crippen molar-refractivity contribution in [2.45, 2.75) is 44.2 Å². The first-order valence-corrected chi connectivity index (χ1v) is 8.55. The van der Waals surface area contributed by atoms with Gasteiger partial charge in [-0.2, -0.15) is 0 Å². The first kappa shape index (κ1) is 17.3. The number of ether oxygens (including phenoxy) is 1. The molecule has 2 saturated heterocycles. The third-order valence-corrected chi connectivity index (χ3v) is 5.02. The molecule has 2 aliphatic rings. The van der Waals surface area contributed by atoms with E-state index in [1.807, 2.05) is 0 Å². The number of rotatable bonds is 4. The summed E-state index contributed by atoms with van der Waals surface area (Å²) in [6.07, 6.45) is 2.58. The van der Waals surface area contributed by atoms with Crippen molar-refractivity contribution in [1.29, 1.82) is 0 Å². The maximum absolute atomic E-state index is 14.1. The normalized spacial score (nSPS) is 25.2. The van der Waals surface area contributed by atoms with Gasteiger partial charge in [-0.1, -0.05) is 0 Å². The maximum atomic E-state index is 14.1. The molecule has 132 valence electrons. The Labute approximate surface area is 140 Å². The number of benzene rings is 1. The Bertz CT molecular complexity index is 590. The van der Waals surface area contributed by atoms with Crippen LogP contribution in [-0.4, -0.2) is 41.8 Å². The Morgan fingerprint density at radius 2 is 2.04 bits per heavy atom. The fourth-order valence-corrected chi connectivity index (χ4v) is 3.66. The molecule has 3 rings (SSSR count). The number of nitrogens with zero attached hydrogens (tertiary/aromatic N) is 1. The van der Waals surface area contributed by atoms with E-state index < -0.39 is 23.8 Å². The lowest BCUT2D eigenvalue weighted by Gasteiger charge is -2.27. The molecule has 2 unspecified atom stereocenters. The topological polar surface area (TPSA) is 49.8 Å². The van der Waals surface area contributed by atoms with Crippen molar-refractivity contribution in [3.63, 3.8) is 0 Å². The molecular formula is C18H23F2NO3. The SMILES string of the molecule is O=C(CCC1CCOCC1)N1CC(O)CC1c1cc(F)ccc1F. The third kappa shape index (κ3) is 3.92. The van der Waals surface area contributed by atoms with E-state index in [2.05, 4.69) is 0 Å². The standard InChI is InChI=1S/C18H23F2NO3/c19-13-2-3-16(20)15(9-13)17-10-14(22)11-21(17)18(23)4-1-12-5-7-24-8-6-12/h2-3,9,12,14,17,22H,1,4-8,10-11H2. The Balaban J connectivity index is 1.68. The summed E-state index contributed by atoms with van der Waals surface area (Å²) in [5.74, 6) is -0.716. The lowest BCUT2D eigenvalue weighted by atomic mass is 9.94. The number of hydrogen-bond donors (Lipinski definition) is 1. The van der Waals surface area contributed by atoms with Crippen molar-refractivity contribution >= 4 is 5.91 Å². The van der Waals surface area contributed by atoms with E-state index in [0.29, 0.717) is 12.3 Å². The summed E-state index contributed by atoms with van der Waals surface area (Å²) in [7, 11) is 0. The molecule has 0 aromatic heterocycles. The Kier molecular flexibility index (Phi) is 5.46. The number of carbonyl (C=O) groups is 1. The summed E-state index contributed by atoms with van der Waals surface area (Å²) < 4.78 is 32.8. The molecule has 0 spiro atoms. The second kappa shape index (κ2) is 7.57. The van der Waals surface area contributed by atoms with Gasteiger partial charge in [0.2, 0.25) is 5.91 Å². The van der Waals surface area contributed by atoms with Crippen molar-refractivity contribution in [2.24, 2.45) is 5.92 Å². The van der Waals surface area contributed by atoms with E-state index in [9.17, 15) is 18.7 Å². The average molecular weight is 339 g/mol. The smallest absolute Gasteiger partial charge is 0.223 e. The van der Waals surface area contributed by atoms with Crippen LogP contribution in [0.15, 0.2) is 18.2 Å². The molecular weight excluding hydrogens is 316 g/mol. The zero-order chi connectivity index (χ0) is 17.1. The fraction of sp³-hybridized carbons (Fsp3) is 0.611. The minimum absolute atomic E-state index is 0.105. The molecule has 2 fully saturated rings. The van der Waals surface area contributed by atoms with E-state index in [1.165, 1.54) is 4.90 Å². The largest absolute Gasteiger partial charge is 0.391 e. The Hall–Kier alpha value is -1.53. The first-order chi connectivity index (χ1) is 11.5. The van der Waals surface area contributed by atoms with E-state index in [0.717, 1.165) is 50.7 Å². The highest BCUT2D eigenvalue weighted by atomic mass is 19.1. The number of amides is 1. The average Bonchev–Trinajstić information content (AvgIpc) is 2.97. The van der Waals surface area contributed by atoms with Crippen LogP contribution >= 0.6 is 0 Å². The van der Waals surface area contributed by atoms with Crippen LogP contribution in [0.1, 0.15) is 43.7 Å². The number of aliphatic hydroxyl groups is 1. The number of aliphatic hydroxyl groups excluding tert-OH is 1. The predicted molar refractivity (Wildman–Crippen MR) is 84.2 cm³/mol. The van der Waals surface area contributed by atoms with Gasteiger partial charge in [0.15, 0.2) is 0 Å². The highest BCUT2D eigenvalue weighted by Crippen LogP contribution is 2.35. The minimum atomic E-state index is -0.704. The lowest BCUT2D eigenvalue weighted by molar-refractivity contribution is -0.133. The number of hydrogen-bond acceptors (Lipinski definition) is 3. The van der Waals surface area contributed by atoms with Gasteiger partial charge in [0, 0.05) is 31.7 Å². The monoisotopic (exact) mass is 339 g/mol. The number of carbonyl (C=O) groups excluding carboxylic acids is 1. The number of likely N-dealkylation sites (tertiary alicyclic amines) is 1. The minimum Gasteiger partial charge on any atom is -0.391 e. The molecule has 1 aromatic rings. The van der Waals surface area contributed by atoms with E-state index in [-0.39, 0.29) is 24.4 Å². The molecule has 0 bridgehead atoms. The van der Waals surface area contributed by atoms with Crippen LogP contribution in [0.25, 0.3) is 0 Å². The quantitative estimate of drug-likeness (QED) is 0.918. The van der Waals surface area contributed by atoms with Crippen molar-refractivity contribution < 1.29 is 23.4 Å². The summed E-state index contributed by atoms with van der Waals surface area (Å²) in [5, 5.41) is 9.93. The van der Waals surface area contributed by atoms with Crippen molar-refractivity contribution in [3.05, 3.63) is 35.4 Å². The van der Waals surface area contributed by atoms with Crippen LogP contribution in [0.5, 0.6) is 0 Å². The highest BCUT2D eigenvalue weighted by Gasteiger charge is 2.36. The Morgan fingerprint density at radius 1 is 1.29 bits per heavy atom. The van der Waals surface area contributed by atoms with Gasteiger partial charge in [0.05, 0.1) is 12.1 Å². The summed E-state index contributed by atoms with van der Waals surface area (Å²) in [5.41, 5.74) is 0.144. The molecule has 6 heteroatoms. The second-order valence-electron chi connectivity index (χ2n) is 6.71. The first-order valence-electron chi connectivity index (χ1n) is 8.55. The summed E-state index contributed by atoms with van der Waals surface area (Å²) in [6, 6.07) is 2.65. The molecule has 4 nitrogen and oxygen atoms in total. The van der Waals surface area contributed by atoms with E-state index >= 15 is 0 Å². The van der Waals surface area contributed by atoms with Gasteiger partial charge in [-0.15, -0.1) is 0 Å². The molecule has 2 atom stereocenters. The van der Waals surface area contributed by atoms with Crippen molar-refractivity contribution in [2.75, 3.05) is 19.8 Å². The Morgan fingerprint density at radius 3 is 2.79 bits per heavy atom. The summed E-state index contributed by atoms with van der Waals surface area (Å²) in [6.45, 7) is 1.64. The van der Waals surface area contributed by atoms with Crippen LogP contribution in [0, 0.1) is 17.6 Å². The zero-order valence-electron chi connectivity index (χ0n) is 13.6. The molecule has 1 N–H and O–H groups in total. The molecule has 0 aliphatic carbocycles. The molecule has 24 heavy (non-hydrogen) atoms. The van der Waals surface area contributed by atoms with Crippen LogP contribution in [0.3, 0.4) is 0 Å². The van der Waals surface area contributed by atoms with Crippen LogP contribution in [-0.2, 0) is 9.53 Å². The van der Waals surface area contributed by atoms with E-state index in [1.54, 1.807) is 0 Å². The van der Waals surface area contributed by atoms with Gasteiger partial charge in [-0.05, 0) is 49.8 Å². The predicted octanol–water partition coefficient (Wildman–Crippen LogP) is 2.81. The molecule has 1 amide bonds. The third-order valence-electron chi connectivity index (χ3n) is 5.02. The molecule has 0 saturated carbocycles. The number of β-amino-alcohol motifs (C(OH)–C–C–N with tert-alkyl or cyclic N) is 1. The van der Waals surface area contributed by atoms with Gasteiger partial charge in [0.25, 0.3) is 0 Å². The maximum Gasteiger partial charge on any atom is 0.223 e. The molecule has 2 aliphatic heterocycles. The second-order valence-corrected chi connectivity index (χ2v) is 6.71. The van der Waals surface area contributed by atoms with Crippen molar-refractivity contribution in [1.82, 2.24) is 4.90 Å². The molecule has 2 heterocycles. The fourth-order valence-electron chi connectivity index (χ4n) is 3.66. The summed E-state index contributed by atoms with van der Waals surface area (Å²) >= 11 is 0. The number of halogens is 2. The van der Waals surface area contributed by atoms with Crippen LogP contribution in [0.2, 0.25) is 0 Å².